The van der Waals surface area contributed by atoms with E-state index >= 15 is 0 Å². The molecule has 0 spiro atoms. The van der Waals surface area contributed by atoms with Crippen LogP contribution in [0.25, 0.3) is 10.8 Å². The minimum absolute atomic E-state index is 0.113. The molecule has 0 saturated heterocycles. The molecule has 22 heavy (non-hydrogen) atoms. The van der Waals surface area contributed by atoms with Gasteiger partial charge in [0.1, 0.15) is 11.7 Å². The molecule has 1 aliphatic rings. The Morgan fingerprint density at radius 2 is 1.27 bits per heavy atom. The molecule has 3 aromatic carbocycles. The quantitative estimate of drug-likeness (QED) is 0.694. The first-order valence-corrected chi connectivity index (χ1v) is 7.06. The average molecular weight is 288 g/mol. The fourth-order valence-electron chi connectivity index (χ4n) is 3.15. The Labute approximate surface area is 126 Å². The second-order valence-corrected chi connectivity index (χ2v) is 5.46. The minimum Gasteiger partial charge on any atom is -0.508 e. The number of benzene rings is 3. The van der Waals surface area contributed by atoms with Crippen LogP contribution < -0.4 is 0 Å². The Kier molecular flexibility index (Phi) is 2.63. The number of Topliss-reactive ketones (excluding diaryl/α,β-unsaturated/α-hetero) is 2. The molecule has 0 heterocycles. The van der Waals surface area contributed by atoms with Crippen LogP contribution in [0.4, 0.5) is 0 Å². The summed E-state index contributed by atoms with van der Waals surface area (Å²) in [5.41, 5.74) is 1.79. The molecule has 3 aromatic rings. The van der Waals surface area contributed by atoms with Gasteiger partial charge in [-0.15, -0.1) is 0 Å². The van der Waals surface area contributed by atoms with Crippen LogP contribution in [0.15, 0.2) is 60.7 Å². The van der Waals surface area contributed by atoms with Crippen molar-refractivity contribution in [3.05, 3.63) is 77.4 Å². The normalized spacial score (nSPS) is 14.5. The van der Waals surface area contributed by atoms with Crippen molar-refractivity contribution < 1.29 is 14.7 Å². The molecule has 4 rings (SSSR count). The Morgan fingerprint density at radius 3 is 1.82 bits per heavy atom. The lowest BCUT2D eigenvalue weighted by atomic mass is 9.77. The van der Waals surface area contributed by atoms with E-state index in [4.69, 9.17) is 0 Å². The third-order valence-electron chi connectivity index (χ3n) is 4.19. The maximum absolute atomic E-state index is 12.8. The van der Waals surface area contributed by atoms with E-state index in [1.54, 1.807) is 24.3 Å². The molecule has 1 aliphatic carbocycles. The van der Waals surface area contributed by atoms with Gasteiger partial charge in [-0.2, -0.15) is 0 Å². The number of carbonyl (C=O) groups excluding carboxylic acids is 2. The third kappa shape index (κ3) is 1.69. The number of carbonyl (C=O) groups is 2. The van der Waals surface area contributed by atoms with Crippen LogP contribution in [0, 0.1) is 0 Å². The molecule has 106 valence electrons. The second kappa shape index (κ2) is 4.53. The smallest absolute Gasteiger partial charge is 0.178 e. The first-order chi connectivity index (χ1) is 10.7. The molecule has 0 amide bonds. The van der Waals surface area contributed by atoms with Crippen LogP contribution in [0.1, 0.15) is 32.2 Å². The maximum Gasteiger partial charge on any atom is 0.178 e. The van der Waals surface area contributed by atoms with Crippen LogP contribution >= 0.6 is 0 Å². The number of hydrogen-bond acceptors (Lipinski definition) is 3. The van der Waals surface area contributed by atoms with Crippen molar-refractivity contribution in [3.63, 3.8) is 0 Å². The fourth-order valence-corrected chi connectivity index (χ4v) is 3.15. The van der Waals surface area contributed by atoms with Crippen LogP contribution in [0.3, 0.4) is 0 Å². The number of phenolic OH excluding ortho intramolecular Hbond substituents is 1. The Morgan fingerprint density at radius 1 is 0.727 bits per heavy atom. The second-order valence-electron chi connectivity index (χ2n) is 5.46. The number of hydrogen-bond donors (Lipinski definition) is 1. The maximum atomic E-state index is 12.8. The standard InChI is InChI=1S/C19H12O3/c20-13-9-7-12(8-10-13)17-18(21)14-5-1-3-11-4-2-6-15(16(11)14)19(17)22/h1-10,17,20H. The van der Waals surface area contributed by atoms with Gasteiger partial charge < -0.3 is 5.11 Å². The van der Waals surface area contributed by atoms with Gasteiger partial charge in [0.15, 0.2) is 11.6 Å². The topological polar surface area (TPSA) is 54.4 Å². The molecule has 0 fully saturated rings. The van der Waals surface area contributed by atoms with Crippen LogP contribution in [-0.2, 0) is 0 Å². The molecule has 3 heteroatoms. The van der Waals surface area contributed by atoms with E-state index in [-0.39, 0.29) is 17.3 Å². The van der Waals surface area contributed by atoms with Crippen molar-refractivity contribution in [2.24, 2.45) is 0 Å². The van der Waals surface area contributed by atoms with Crippen LogP contribution in [0.5, 0.6) is 5.75 Å². The zero-order valence-corrected chi connectivity index (χ0v) is 11.6. The highest BCUT2D eigenvalue weighted by Gasteiger charge is 2.36. The van der Waals surface area contributed by atoms with Crippen molar-refractivity contribution in [1.29, 1.82) is 0 Å². The van der Waals surface area contributed by atoms with Crippen molar-refractivity contribution >= 4 is 22.3 Å². The van der Waals surface area contributed by atoms with Crippen molar-refractivity contribution in [2.75, 3.05) is 0 Å². The van der Waals surface area contributed by atoms with E-state index in [9.17, 15) is 14.7 Å². The predicted molar refractivity (Wildman–Crippen MR) is 83.5 cm³/mol. The average Bonchev–Trinajstić information content (AvgIpc) is 2.54. The molecule has 0 bridgehead atoms. The lowest BCUT2D eigenvalue weighted by Crippen LogP contribution is -2.27. The number of aromatic hydroxyl groups is 1. The fraction of sp³-hybridized carbons (Fsp3) is 0.0526. The summed E-state index contributed by atoms with van der Waals surface area (Å²) < 4.78 is 0. The summed E-state index contributed by atoms with van der Waals surface area (Å²) in [6.45, 7) is 0. The van der Waals surface area contributed by atoms with Gasteiger partial charge in [-0.05, 0) is 23.1 Å². The third-order valence-corrected chi connectivity index (χ3v) is 4.19. The van der Waals surface area contributed by atoms with Crippen LogP contribution in [-0.4, -0.2) is 16.7 Å². The van der Waals surface area contributed by atoms with Crippen LogP contribution in [0.2, 0.25) is 0 Å². The number of rotatable bonds is 1. The lowest BCUT2D eigenvalue weighted by Gasteiger charge is -2.23. The molecular formula is C19H12O3. The zero-order valence-electron chi connectivity index (χ0n) is 11.6. The van der Waals surface area contributed by atoms with E-state index < -0.39 is 5.92 Å². The largest absolute Gasteiger partial charge is 0.508 e. The Hall–Kier alpha value is -2.94. The summed E-state index contributed by atoms with van der Waals surface area (Å²) >= 11 is 0. The van der Waals surface area contributed by atoms with Crippen molar-refractivity contribution in [2.45, 2.75) is 5.92 Å². The predicted octanol–water partition coefficient (Wildman–Crippen LogP) is 3.71. The van der Waals surface area contributed by atoms with E-state index in [1.807, 2.05) is 24.3 Å². The Balaban J connectivity index is 1.97. The van der Waals surface area contributed by atoms with Gasteiger partial charge in [0.05, 0.1) is 0 Å². The molecule has 0 unspecified atom stereocenters. The summed E-state index contributed by atoms with van der Waals surface area (Å²) in [4.78, 5) is 25.6. The SMILES string of the molecule is O=C1c2cccc3cccc(c23)C(=O)C1c1ccc(O)cc1. The van der Waals surface area contributed by atoms with Gasteiger partial charge in [-0.3, -0.25) is 9.59 Å². The van der Waals surface area contributed by atoms with Crippen molar-refractivity contribution in [3.8, 4) is 5.75 Å². The summed E-state index contributed by atoms with van der Waals surface area (Å²) in [6.07, 6.45) is 0. The highest BCUT2D eigenvalue weighted by molar-refractivity contribution is 6.31. The van der Waals surface area contributed by atoms with Crippen molar-refractivity contribution in [1.82, 2.24) is 0 Å². The molecule has 0 aliphatic heterocycles. The summed E-state index contributed by atoms with van der Waals surface area (Å²) in [6, 6.07) is 17.3. The van der Waals surface area contributed by atoms with Gasteiger partial charge in [-0.25, -0.2) is 0 Å². The highest BCUT2D eigenvalue weighted by Crippen LogP contribution is 2.36. The van der Waals surface area contributed by atoms with E-state index in [0.717, 1.165) is 10.8 Å². The monoisotopic (exact) mass is 288 g/mol. The lowest BCUT2D eigenvalue weighted by molar-refractivity contribution is 0.0856. The van der Waals surface area contributed by atoms with Gasteiger partial charge >= 0.3 is 0 Å². The molecule has 0 saturated carbocycles. The molecule has 3 nitrogen and oxygen atoms in total. The van der Waals surface area contributed by atoms with Gasteiger partial charge in [0.2, 0.25) is 0 Å². The highest BCUT2D eigenvalue weighted by atomic mass is 16.3. The molecule has 0 atom stereocenters. The van der Waals surface area contributed by atoms with E-state index in [1.165, 1.54) is 12.1 Å². The number of phenols is 1. The number of ketones is 2. The summed E-state index contributed by atoms with van der Waals surface area (Å²) in [5.74, 6) is -1.08. The first-order valence-electron chi connectivity index (χ1n) is 7.06. The van der Waals surface area contributed by atoms with Gasteiger partial charge in [0.25, 0.3) is 0 Å². The molecular weight excluding hydrogens is 276 g/mol. The van der Waals surface area contributed by atoms with Gasteiger partial charge in [0, 0.05) is 16.5 Å². The molecule has 0 aromatic heterocycles. The van der Waals surface area contributed by atoms with Gasteiger partial charge in [-0.1, -0.05) is 48.5 Å². The summed E-state index contributed by atoms with van der Waals surface area (Å²) in [5, 5.41) is 11.0. The molecule has 0 radical (unpaired) electrons. The molecule has 1 N–H and O–H groups in total. The van der Waals surface area contributed by atoms with E-state index in [2.05, 4.69) is 0 Å². The van der Waals surface area contributed by atoms with E-state index in [0.29, 0.717) is 16.7 Å². The first kappa shape index (κ1) is 12.8. The zero-order chi connectivity index (χ0) is 15.3. The Bertz CT molecular complexity index is 872. The minimum atomic E-state index is -0.832. The summed E-state index contributed by atoms with van der Waals surface area (Å²) in [7, 11) is 0.